The smallest absolute Gasteiger partial charge is 0.0125 e. The average molecular weight is 238 g/mol. The molecule has 0 amide bonds. The number of hydrogen-bond acceptors (Lipinski definition) is 2. The summed E-state index contributed by atoms with van der Waals surface area (Å²) in [5.74, 6) is 1.04. The monoisotopic (exact) mass is 238 g/mol. The first kappa shape index (κ1) is 13.4. The van der Waals surface area contributed by atoms with E-state index < -0.39 is 0 Å². The first-order valence-corrected chi connectivity index (χ1v) is 7.42. The van der Waals surface area contributed by atoms with Crippen molar-refractivity contribution in [3.05, 3.63) is 0 Å². The zero-order chi connectivity index (χ0) is 12.5. The Morgan fingerprint density at radius 1 is 1.18 bits per heavy atom. The molecular weight excluding hydrogens is 208 g/mol. The molecule has 0 aromatic rings. The summed E-state index contributed by atoms with van der Waals surface area (Å²) >= 11 is 0. The van der Waals surface area contributed by atoms with Crippen LogP contribution in [-0.4, -0.2) is 37.1 Å². The highest BCUT2D eigenvalue weighted by atomic mass is 15.2. The van der Waals surface area contributed by atoms with E-state index in [0.717, 1.165) is 12.0 Å². The van der Waals surface area contributed by atoms with E-state index in [-0.39, 0.29) is 0 Å². The molecule has 1 N–H and O–H groups in total. The molecule has 17 heavy (non-hydrogen) atoms. The molecule has 0 heterocycles. The van der Waals surface area contributed by atoms with Gasteiger partial charge in [-0.25, -0.2) is 0 Å². The van der Waals surface area contributed by atoms with Gasteiger partial charge in [-0.05, 0) is 57.0 Å². The van der Waals surface area contributed by atoms with Crippen molar-refractivity contribution < 1.29 is 0 Å². The fourth-order valence-corrected chi connectivity index (χ4v) is 2.80. The highest BCUT2D eigenvalue weighted by molar-refractivity contribution is 4.90. The van der Waals surface area contributed by atoms with E-state index >= 15 is 0 Å². The third-order valence-electron chi connectivity index (χ3n) is 4.35. The average Bonchev–Trinajstić information content (AvgIpc) is 3.09. The summed E-state index contributed by atoms with van der Waals surface area (Å²) in [6.45, 7) is 9.71. The van der Waals surface area contributed by atoms with Crippen LogP contribution in [0.15, 0.2) is 0 Å². The second-order valence-corrected chi connectivity index (χ2v) is 7.17. The Morgan fingerprint density at radius 2 is 1.82 bits per heavy atom. The van der Waals surface area contributed by atoms with Crippen molar-refractivity contribution in [1.82, 2.24) is 10.2 Å². The minimum absolute atomic E-state index is 0.379. The van der Waals surface area contributed by atoms with Gasteiger partial charge in [0, 0.05) is 18.6 Å². The molecule has 0 radical (unpaired) electrons. The molecule has 2 rings (SSSR count). The van der Waals surface area contributed by atoms with Crippen molar-refractivity contribution in [1.29, 1.82) is 0 Å². The summed E-state index contributed by atoms with van der Waals surface area (Å²) in [7, 11) is 2.11. The molecule has 2 saturated carbocycles. The van der Waals surface area contributed by atoms with Crippen LogP contribution in [-0.2, 0) is 0 Å². The molecule has 0 bridgehead atoms. The SMILES string of the molecule is CNC(CCN(CC1CC1)C1CC1)C(C)(C)C. The Kier molecular flexibility index (Phi) is 4.14. The first-order valence-electron chi connectivity index (χ1n) is 7.42. The molecule has 1 atom stereocenters. The Morgan fingerprint density at radius 3 is 2.24 bits per heavy atom. The minimum atomic E-state index is 0.379. The van der Waals surface area contributed by atoms with Crippen LogP contribution in [0.5, 0.6) is 0 Å². The molecule has 0 aromatic carbocycles. The van der Waals surface area contributed by atoms with Gasteiger partial charge in [-0.3, -0.25) is 0 Å². The fourth-order valence-electron chi connectivity index (χ4n) is 2.80. The van der Waals surface area contributed by atoms with Crippen LogP contribution >= 0.6 is 0 Å². The third-order valence-corrected chi connectivity index (χ3v) is 4.35. The molecule has 2 fully saturated rings. The van der Waals surface area contributed by atoms with Gasteiger partial charge >= 0.3 is 0 Å². The number of rotatable bonds is 7. The van der Waals surface area contributed by atoms with Gasteiger partial charge in [-0.1, -0.05) is 20.8 Å². The second-order valence-electron chi connectivity index (χ2n) is 7.17. The lowest BCUT2D eigenvalue weighted by Crippen LogP contribution is -2.41. The Balaban J connectivity index is 1.76. The Bertz CT molecular complexity index is 236. The van der Waals surface area contributed by atoms with Gasteiger partial charge in [0.25, 0.3) is 0 Å². The molecule has 2 nitrogen and oxygen atoms in total. The predicted octanol–water partition coefficient (Wildman–Crippen LogP) is 2.89. The molecule has 2 heteroatoms. The van der Waals surface area contributed by atoms with Crippen LogP contribution in [0, 0.1) is 11.3 Å². The first-order chi connectivity index (χ1) is 8.00. The summed E-state index contributed by atoms with van der Waals surface area (Å²) in [4.78, 5) is 2.77. The van der Waals surface area contributed by atoms with Crippen LogP contribution < -0.4 is 5.32 Å². The van der Waals surface area contributed by atoms with Crippen molar-refractivity contribution in [3.63, 3.8) is 0 Å². The molecule has 2 aliphatic carbocycles. The van der Waals surface area contributed by atoms with Crippen LogP contribution in [0.25, 0.3) is 0 Å². The lowest BCUT2D eigenvalue weighted by Gasteiger charge is -2.33. The van der Waals surface area contributed by atoms with Crippen molar-refractivity contribution >= 4 is 0 Å². The molecular formula is C15H30N2. The Hall–Kier alpha value is -0.0800. The second kappa shape index (κ2) is 5.27. The molecule has 0 aliphatic heterocycles. The van der Waals surface area contributed by atoms with Crippen LogP contribution in [0.3, 0.4) is 0 Å². The number of hydrogen-bond donors (Lipinski definition) is 1. The van der Waals surface area contributed by atoms with E-state index in [1.165, 1.54) is 45.2 Å². The molecule has 2 aliphatic rings. The van der Waals surface area contributed by atoms with Gasteiger partial charge in [0.05, 0.1) is 0 Å². The highest BCUT2D eigenvalue weighted by Crippen LogP contribution is 2.35. The zero-order valence-electron chi connectivity index (χ0n) is 12.1. The van der Waals surface area contributed by atoms with Crippen molar-refractivity contribution in [3.8, 4) is 0 Å². The van der Waals surface area contributed by atoms with Gasteiger partial charge in [-0.15, -0.1) is 0 Å². The van der Waals surface area contributed by atoms with Gasteiger partial charge in [0.2, 0.25) is 0 Å². The van der Waals surface area contributed by atoms with E-state index in [0.29, 0.717) is 11.5 Å². The molecule has 0 spiro atoms. The van der Waals surface area contributed by atoms with Crippen molar-refractivity contribution in [2.24, 2.45) is 11.3 Å². The van der Waals surface area contributed by atoms with E-state index in [9.17, 15) is 0 Å². The van der Waals surface area contributed by atoms with Gasteiger partial charge in [-0.2, -0.15) is 0 Å². The van der Waals surface area contributed by atoms with Gasteiger partial charge in [0.1, 0.15) is 0 Å². The highest BCUT2D eigenvalue weighted by Gasteiger charge is 2.34. The van der Waals surface area contributed by atoms with Crippen molar-refractivity contribution in [2.75, 3.05) is 20.1 Å². The van der Waals surface area contributed by atoms with Crippen molar-refractivity contribution in [2.45, 2.75) is 65.0 Å². The topological polar surface area (TPSA) is 15.3 Å². The molecule has 0 saturated heterocycles. The third kappa shape index (κ3) is 4.26. The van der Waals surface area contributed by atoms with Crippen LogP contribution in [0.1, 0.15) is 52.9 Å². The summed E-state index contributed by atoms with van der Waals surface area (Å²) in [6.07, 6.45) is 7.16. The lowest BCUT2D eigenvalue weighted by molar-refractivity contribution is 0.199. The van der Waals surface area contributed by atoms with Gasteiger partial charge < -0.3 is 10.2 Å². The maximum Gasteiger partial charge on any atom is 0.0125 e. The number of nitrogens with zero attached hydrogens (tertiary/aromatic N) is 1. The molecule has 1 unspecified atom stereocenters. The van der Waals surface area contributed by atoms with Crippen LogP contribution in [0.4, 0.5) is 0 Å². The summed E-state index contributed by atoms with van der Waals surface area (Å²) in [5, 5.41) is 3.50. The summed E-state index contributed by atoms with van der Waals surface area (Å²) in [5.41, 5.74) is 0.379. The molecule has 100 valence electrons. The lowest BCUT2D eigenvalue weighted by atomic mass is 9.85. The standard InChI is InChI=1S/C15H30N2/c1-15(2,3)14(16-4)9-10-17(13-7-8-13)11-12-5-6-12/h12-14,16H,5-11H2,1-4H3. The largest absolute Gasteiger partial charge is 0.316 e. The van der Waals surface area contributed by atoms with E-state index in [2.05, 4.69) is 38.0 Å². The van der Waals surface area contributed by atoms with E-state index in [1.807, 2.05) is 0 Å². The predicted molar refractivity (Wildman–Crippen MR) is 74.2 cm³/mol. The van der Waals surface area contributed by atoms with Gasteiger partial charge in [0.15, 0.2) is 0 Å². The normalized spacial score (nSPS) is 23.1. The summed E-state index contributed by atoms with van der Waals surface area (Å²) in [6, 6.07) is 1.58. The van der Waals surface area contributed by atoms with E-state index in [4.69, 9.17) is 0 Å². The fraction of sp³-hybridized carbons (Fsp3) is 1.00. The van der Waals surface area contributed by atoms with Crippen LogP contribution in [0.2, 0.25) is 0 Å². The summed E-state index contributed by atoms with van der Waals surface area (Å²) < 4.78 is 0. The zero-order valence-corrected chi connectivity index (χ0v) is 12.1. The minimum Gasteiger partial charge on any atom is -0.316 e. The Labute approximate surface area is 107 Å². The maximum atomic E-state index is 3.50. The molecule has 0 aromatic heterocycles. The quantitative estimate of drug-likeness (QED) is 0.733. The van der Waals surface area contributed by atoms with E-state index in [1.54, 1.807) is 0 Å². The number of nitrogens with one attached hydrogen (secondary N) is 1. The maximum absolute atomic E-state index is 3.50.